The van der Waals surface area contributed by atoms with E-state index < -0.39 is 0 Å². The van der Waals surface area contributed by atoms with Crippen LogP contribution in [0, 0.1) is 0 Å². The largest absolute Gasteiger partial charge is 0.208 e. The Kier molecular flexibility index (Phi) is 5.45. The van der Waals surface area contributed by atoms with Gasteiger partial charge in [-0.2, -0.15) is 0 Å². The van der Waals surface area contributed by atoms with Gasteiger partial charge in [0.2, 0.25) is 0 Å². The molecule has 0 aliphatic heterocycles. The second-order valence-electron chi connectivity index (χ2n) is 9.27. The summed E-state index contributed by atoms with van der Waals surface area (Å²) in [7, 11) is 0. The van der Waals surface area contributed by atoms with Crippen LogP contribution in [0.1, 0.15) is 0 Å². The standard InChI is InChI=1S/C35H23N3/c1-3-12-24(13-4-1)28-18-9-10-20-30(28)34-36-33(27-15-5-2-6-16-27)37-35(38-34)31-21-11-17-26-23-22-25-14-7-8-19-29(25)32(26)31/h1-23H. The smallest absolute Gasteiger partial charge is 0.164 e. The average Bonchev–Trinajstić information content (AvgIpc) is 3.01. The van der Waals surface area contributed by atoms with E-state index in [1.807, 2.05) is 42.5 Å². The van der Waals surface area contributed by atoms with Crippen LogP contribution in [0.2, 0.25) is 0 Å². The number of hydrogen-bond donors (Lipinski definition) is 0. The Hall–Kier alpha value is -5.15. The van der Waals surface area contributed by atoms with Crippen molar-refractivity contribution in [1.29, 1.82) is 0 Å². The zero-order valence-corrected chi connectivity index (χ0v) is 20.6. The van der Waals surface area contributed by atoms with Gasteiger partial charge in [-0.05, 0) is 27.3 Å². The normalized spacial score (nSPS) is 11.2. The van der Waals surface area contributed by atoms with Crippen molar-refractivity contribution >= 4 is 21.5 Å². The van der Waals surface area contributed by atoms with Crippen molar-refractivity contribution in [2.75, 3.05) is 0 Å². The van der Waals surface area contributed by atoms with E-state index >= 15 is 0 Å². The van der Waals surface area contributed by atoms with Gasteiger partial charge in [-0.25, -0.2) is 15.0 Å². The van der Waals surface area contributed by atoms with Crippen molar-refractivity contribution < 1.29 is 0 Å². The summed E-state index contributed by atoms with van der Waals surface area (Å²) in [5.41, 5.74) is 5.15. The quantitative estimate of drug-likeness (QED) is 0.234. The Balaban J connectivity index is 1.53. The molecule has 0 fully saturated rings. The minimum Gasteiger partial charge on any atom is -0.208 e. The molecule has 3 nitrogen and oxygen atoms in total. The van der Waals surface area contributed by atoms with Gasteiger partial charge in [-0.1, -0.05) is 140 Å². The Morgan fingerprint density at radius 2 is 0.842 bits per heavy atom. The molecule has 0 unspecified atom stereocenters. The zero-order chi connectivity index (χ0) is 25.3. The van der Waals surface area contributed by atoms with Crippen LogP contribution in [0.3, 0.4) is 0 Å². The van der Waals surface area contributed by atoms with Crippen LogP contribution in [-0.4, -0.2) is 15.0 Å². The highest BCUT2D eigenvalue weighted by atomic mass is 15.0. The molecule has 0 radical (unpaired) electrons. The average molecular weight is 486 g/mol. The van der Waals surface area contributed by atoms with Gasteiger partial charge in [0.15, 0.2) is 17.5 Å². The van der Waals surface area contributed by atoms with Gasteiger partial charge in [0.05, 0.1) is 0 Å². The molecule has 6 aromatic carbocycles. The zero-order valence-electron chi connectivity index (χ0n) is 20.6. The molecule has 1 heterocycles. The summed E-state index contributed by atoms with van der Waals surface area (Å²) in [6, 6.07) is 48.0. The van der Waals surface area contributed by atoms with Crippen molar-refractivity contribution in [3.8, 4) is 45.3 Å². The van der Waals surface area contributed by atoms with E-state index in [1.165, 1.54) is 10.8 Å². The van der Waals surface area contributed by atoms with Crippen LogP contribution in [-0.2, 0) is 0 Å². The minimum atomic E-state index is 0.658. The van der Waals surface area contributed by atoms with E-state index in [4.69, 9.17) is 15.0 Å². The third-order valence-electron chi connectivity index (χ3n) is 6.93. The van der Waals surface area contributed by atoms with Gasteiger partial charge in [0.25, 0.3) is 0 Å². The van der Waals surface area contributed by atoms with E-state index in [1.54, 1.807) is 0 Å². The van der Waals surface area contributed by atoms with Crippen molar-refractivity contribution in [1.82, 2.24) is 15.0 Å². The fourth-order valence-corrected chi connectivity index (χ4v) is 5.13. The lowest BCUT2D eigenvalue weighted by molar-refractivity contribution is 1.08. The third kappa shape index (κ3) is 3.91. The van der Waals surface area contributed by atoms with Gasteiger partial charge in [0, 0.05) is 22.1 Å². The molecule has 0 saturated carbocycles. The molecule has 0 aliphatic rings. The summed E-state index contributed by atoms with van der Waals surface area (Å²) in [6.45, 7) is 0. The molecule has 0 atom stereocenters. The number of nitrogens with zero attached hydrogens (tertiary/aromatic N) is 3. The summed E-state index contributed by atoms with van der Waals surface area (Å²) in [6.07, 6.45) is 0. The summed E-state index contributed by atoms with van der Waals surface area (Å²) in [4.78, 5) is 15.2. The number of aromatic nitrogens is 3. The minimum absolute atomic E-state index is 0.658. The Labute approximate surface area is 221 Å². The number of hydrogen-bond acceptors (Lipinski definition) is 3. The fourth-order valence-electron chi connectivity index (χ4n) is 5.13. The molecule has 38 heavy (non-hydrogen) atoms. The number of fused-ring (bicyclic) bond motifs is 3. The maximum Gasteiger partial charge on any atom is 0.164 e. The molecule has 0 spiro atoms. The van der Waals surface area contributed by atoms with Crippen molar-refractivity contribution in [3.63, 3.8) is 0 Å². The molecule has 178 valence electrons. The summed E-state index contributed by atoms with van der Waals surface area (Å²) in [5.74, 6) is 1.98. The van der Waals surface area contributed by atoms with Crippen LogP contribution in [0.5, 0.6) is 0 Å². The molecular formula is C35H23N3. The van der Waals surface area contributed by atoms with Crippen LogP contribution in [0.15, 0.2) is 140 Å². The van der Waals surface area contributed by atoms with Gasteiger partial charge >= 0.3 is 0 Å². The lowest BCUT2D eigenvalue weighted by Gasteiger charge is -2.13. The van der Waals surface area contributed by atoms with Gasteiger partial charge in [0.1, 0.15) is 0 Å². The third-order valence-corrected chi connectivity index (χ3v) is 6.93. The molecule has 0 bridgehead atoms. The van der Waals surface area contributed by atoms with E-state index in [-0.39, 0.29) is 0 Å². The molecule has 7 rings (SSSR count). The topological polar surface area (TPSA) is 38.7 Å². The molecule has 1 aromatic heterocycles. The summed E-state index contributed by atoms with van der Waals surface area (Å²) < 4.78 is 0. The van der Waals surface area contributed by atoms with Crippen LogP contribution < -0.4 is 0 Å². The van der Waals surface area contributed by atoms with Crippen molar-refractivity contribution in [2.45, 2.75) is 0 Å². The molecule has 0 N–H and O–H groups in total. The molecule has 3 heteroatoms. The van der Waals surface area contributed by atoms with Crippen LogP contribution >= 0.6 is 0 Å². The van der Waals surface area contributed by atoms with Crippen molar-refractivity contribution in [2.24, 2.45) is 0 Å². The van der Waals surface area contributed by atoms with Crippen LogP contribution in [0.25, 0.3) is 66.8 Å². The summed E-state index contributed by atoms with van der Waals surface area (Å²) >= 11 is 0. The van der Waals surface area contributed by atoms with E-state index in [2.05, 4.69) is 97.1 Å². The molecule has 7 aromatic rings. The Bertz CT molecular complexity index is 1910. The van der Waals surface area contributed by atoms with Crippen molar-refractivity contribution in [3.05, 3.63) is 140 Å². The summed E-state index contributed by atoms with van der Waals surface area (Å²) in [5, 5.41) is 4.69. The van der Waals surface area contributed by atoms with Crippen LogP contribution in [0.4, 0.5) is 0 Å². The Morgan fingerprint density at radius 3 is 1.63 bits per heavy atom. The first-order valence-corrected chi connectivity index (χ1v) is 12.7. The maximum atomic E-state index is 5.12. The Morgan fingerprint density at radius 1 is 0.316 bits per heavy atom. The highest BCUT2D eigenvalue weighted by Crippen LogP contribution is 2.36. The first-order chi connectivity index (χ1) is 18.8. The van der Waals surface area contributed by atoms with Gasteiger partial charge < -0.3 is 0 Å². The number of benzene rings is 6. The lowest BCUT2D eigenvalue weighted by atomic mass is 9.97. The highest BCUT2D eigenvalue weighted by molar-refractivity contribution is 6.13. The first kappa shape index (κ1) is 22.1. The van der Waals surface area contributed by atoms with E-state index in [0.717, 1.165) is 38.6 Å². The predicted octanol–water partition coefficient (Wildman–Crippen LogP) is 8.85. The monoisotopic (exact) mass is 485 g/mol. The first-order valence-electron chi connectivity index (χ1n) is 12.7. The van der Waals surface area contributed by atoms with Gasteiger partial charge in [-0.15, -0.1) is 0 Å². The molecule has 0 saturated heterocycles. The molecule has 0 amide bonds. The van der Waals surface area contributed by atoms with E-state index in [0.29, 0.717) is 17.5 Å². The second kappa shape index (κ2) is 9.38. The molecular weight excluding hydrogens is 462 g/mol. The predicted molar refractivity (Wildman–Crippen MR) is 157 cm³/mol. The highest BCUT2D eigenvalue weighted by Gasteiger charge is 2.17. The second-order valence-corrected chi connectivity index (χ2v) is 9.27. The SMILES string of the molecule is c1ccc(-c2nc(-c3ccccc3-c3ccccc3)nc(-c3cccc4ccc5ccccc5c34)n2)cc1. The number of rotatable bonds is 4. The lowest BCUT2D eigenvalue weighted by Crippen LogP contribution is -2.01. The molecule has 0 aliphatic carbocycles. The maximum absolute atomic E-state index is 5.12. The van der Waals surface area contributed by atoms with E-state index in [9.17, 15) is 0 Å². The fraction of sp³-hybridized carbons (Fsp3) is 0. The van der Waals surface area contributed by atoms with Gasteiger partial charge in [-0.3, -0.25) is 0 Å².